The van der Waals surface area contributed by atoms with Crippen LogP contribution in [0.4, 0.5) is 0 Å². The fourth-order valence-electron chi connectivity index (χ4n) is 2.78. The van der Waals surface area contributed by atoms with Crippen LogP contribution < -0.4 is 0 Å². The quantitative estimate of drug-likeness (QED) is 0.440. The van der Waals surface area contributed by atoms with Crippen LogP contribution in [0.2, 0.25) is 0 Å². The molecule has 1 rings (SSSR count). The summed E-state index contributed by atoms with van der Waals surface area (Å²) in [5, 5.41) is 8.84. The van der Waals surface area contributed by atoms with Crippen molar-refractivity contribution in [3.05, 3.63) is 12.2 Å². The van der Waals surface area contributed by atoms with E-state index in [2.05, 4.69) is 9.47 Å². The highest BCUT2D eigenvalue weighted by molar-refractivity contribution is 5.94. The third-order valence-corrected chi connectivity index (χ3v) is 4.04. The number of carboxylic acids is 1. The van der Waals surface area contributed by atoms with Crippen LogP contribution in [0, 0.1) is 17.8 Å². The monoisotopic (exact) mass is 312 g/mol. The number of carbonyl (C=O) groups is 3. The van der Waals surface area contributed by atoms with Crippen LogP contribution >= 0.6 is 0 Å². The molecule has 6 heteroatoms. The highest BCUT2D eigenvalue weighted by atomic mass is 16.5. The Labute approximate surface area is 130 Å². The second-order valence-corrected chi connectivity index (χ2v) is 5.61. The maximum Gasteiger partial charge on any atom is 0.320 e. The maximum atomic E-state index is 11.6. The lowest BCUT2D eigenvalue weighted by molar-refractivity contribution is -0.159. The van der Waals surface area contributed by atoms with Crippen molar-refractivity contribution in [3.63, 3.8) is 0 Å². The number of hydrogen-bond acceptors (Lipinski definition) is 5. The van der Waals surface area contributed by atoms with E-state index in [0.717, 1.165) is 19.3 Å². The number of hydrogen-bond donors (Lipinski definition) is 1. The number of methoxy groups -OCH3 is 2. The summed E-state index contributed by atoms with van der Waals surface area (Å²) >= 11 is 0. The van der Waals surface area contributed by atoms with Gasteiger partial charge in [-0.1, -0.05) is 18.6 Å². The minimum Gasteiger partial charge on any atom is -0.481 e. The molecule has 0 aromatic rings. The van der Waals surface area contributed by atoms with E-state index in [0.29, 0.717) is 12.8 Å². The predicted octanol–water partition coefficient (Wildman–Crippen LogP) is 2.18. The van der Waals surface area contributed by atoms with Gasteiger partial charge in [-0.05, 0) is 37.5 Å². The summed E-state index contributed by atoms with van der Waals surface area (Å²) in [6.45, 7) is 0. The van der Waals surface area contributed by atoms with Gasteiger partial charge in [0.15, 0.2) is 5.92 Å². The van der Waals surface area contributed by atoms with Crippen molar-refractivity contribution < 1.29 is 29.0 Å². The number of rotatable bonds is 7. The minimum absolute atomic E-state index is 0.0690. The van der Waals surface area contributed by atoms with E-state index in [9.17, 15) is 14.4 Å². The first-order valence-electron chi connectivity index (χ1n) is 7.53. The highest BCUT2D eigenvalue weighted by Gasteiger charge is 2.29. The SMILES string of the molecule is COC(=O)C(CC[C@@H]1C=C[C@@H](CC(=O)O)CCC1)C(=O)OC. The smallest absolute Gasteiger partial charge is 0.320 e. The van der Waals surface area contributed by atoms with E-state index in [1.54, 1.807) is 0 Å². The molecule has 0 aromatic heterocycles. The van der Waals surface area contributed by atoms with Crippen LogP contribution in [0.5, 0.6) is 0 Å². The van der Waals surface area contributed by atoms with Crippen LogP contribution in [0.3, 0.4) is 0 Å². The lowest BCUT2D eigenvalue weighted by Gasteiger charge is -2.15. The topological polar surface area (TPSA) is 89.9 Å². The Kier molecular flexibility index (Phi) is 7.63. The predicted molar refractivity (Wildman–Crippen MR) is 79.0 cm³/mol. The largest absolute Gasteiger partial charge is 0.481 e. The van der Waals surface area contributed by atoms with Gasteiger partial charge in [-0.25, -0.2) is 0 Å². The van der Waals surface area contributed by atoms with Gasteiger partial charge in [-0.2, -0.15) is 0 Å². The first-order chi connectivity index (χ1) is 10.5. The van der Waals surface area contributed by atoms with Crippen LogP contribution in [-0.2, 0) is 23.9 Å². The van der Waals surface area contributed by atoms with Crippen molar-refractivity contribution in [1.82, 2.24) is 0 Å². The lowest BCUT2D eigenvalue weighted by Crippen LogP contribution is -2.27. The zero-order chi connectivity index (χ0) is 16.5. The fourth-order valence-corrected chi connectivity index (χ4v) is 2.78. The van der Waals surface area contributed by atoms with Crippen LogP contribution in [0.15, 0.2) is 12.2 Å². The molecule has 0 unspecified atom stereocenters. The van der Waals surface area contributed by atoms with Crippen molar-refractivity contribution in [1.29, 1.82) is 0 Å². The van der Waals surface area contributed by atoms with Crippen molar-refractivity contribution >= 4 is 17.9 Å². The molecule has 0 heterocycles. The average Bonchev–Trinajstić information content (AvgIpc) is 2.71. The second-order valence-electron chi connectivity index (χ2n) is 5.61. The number of esters is 2. The lowest BCUT2D eigenvalue weighted by atomic mass is 9.92. The average molecular weight is 312 g/mol. The van der Waals surface area contributed by atoms with Gasteiger partial charge in [0.1, 0.15) is 0 Å². The Morgan fingerprint density at radius 1 is 1.09 bits per heavy atom. The number of carbonyl (C=O) groups excluding carboxylic acids is 2. The van der Waals surface area contributed by atoms with E-state index in [-0.39, 0.29) is 18.3 Å². The molecule has 0 aromatic carbocycles. The summed E-state index contributed by atoms with van der Waals surface area (Å²) in [5.41, 5.74) is 0. The summed E-state index contributed by atoms with van der Waals surface area (Å²) in [4.78, 5) is 34.0. The molecule has 1 N–H and O–H groups in total. The van der Waals surface area contributed by atoms with Gasteiger partial charge in [-0.15, -0.1) is 0 Å². The minimum atomic E-state index is -0.888. The molecule has 2 atom stereocenters. The first-order valence-corrected chi connectivity index (χ1v) is 7.53. The highest BCUT2D eigenvalue weighted by Crippen LogP contribution is 2.27. The zero-order valence-electron chi connectivity index (χ0n) is 13.1. The summed E-state index contributed by atoms with van der Waals surface area (Å²) < 4.78 is 9.28. The molecule has 22 heavy (non-hydrogen) atoms. The van der Waals surface area contributed by atoms with E-state index in [4.69, 9.17) is 5.11 Å². The summed E-state index contributed by atoms with van der Waals surface area (Å²) in [6, 6.07) is 0. The van der Waals surface area contributed by atoms with Gasteiger partial charge in [0.05, 0.1) is 20.6 Å². The first kappa shape index (κ1) is 18.2. The van der Waals surface area contributed by atoms with Crippen molar-refractivity contribution in [3.8, 4) is 0 Å². The molecule has 6 nitrogen and oxygen atoms in total. The molecule has 0 bridgehead atoms. The van der Waals surface area contributed by atoms with Gasteiger partial charge in [0.25, 0.3) is 0 Å². The molecule has 0 aliphatic heterocycles. The number of allylic oxidation sites excluding steroid dienone is 2. The summed E-state index contributed by atoms with van der Waals surface area (Å²) in [5.74, 6) is -2.51. The number of ether oxygens (including phenoxy) is 2. The Bertz CT molecular complexity index is 412. The van der Waals surface area contributed by atoms with Crippen LogP contribution in [-0.4, -0.2) is 37.2 Å². The van der Waals surface area contributed by atoms with Gasteiger partial charge < -0.3 is 14.6 Å². The maximum absolute atomic E-state index is 11.6. The molecule has 0 spiro atoms. The zero-order valence-corrected chi connectivity index (χ0v) is 13.1. The Morgan fingerprint density at radius 3 is 2.18 bits per heavy atom. The number of aliphatic carboxylic acids is 1. The van der Waals surface area contributed by atoms with Gasteiger partial charge in [0, 0.05) is 0 Å². The van der Waals surface area contributed by atoms with Crippen molar-refractivity contribution in [2.24, 2.45) is 17.8 Å². The molecule has 0 amide bonds. The third kappa shape index (κ3) is 5.87. The summed E-state index contributed by atoms with van der Waals surface area (Å²) in [6.07, 6.45) is 7.90. The van der Waals surface area contributed by atoms with E-state index in [1.807, 2.05) is 12.2 Å². The van der Waals surface area contributed by atoms with Gasteiger partial charge >= 0.3 is 17.9 Å². The molecule has 124 valence electrons. The van der Waals surface area contributed by atoms with Crippen LogP contribution in [0.25, 0.3) is 0 Å². The Morgan fingerprint density at radius 2 is 1.64 bits per heavy atom. The standard InChI is InChI=1S/C16H24O6/c1-21-15(19)13(16(20)22-2)9-8-11-4-3-5-12(7-6-11)10-14(17)18/h6-7,11-13H,3-5,8-10H2,1-2H3,(H,17,18)/t11-,12-/m0/s1. The summed E-state index contributed by atoms with van der Waals surface area (Å²) in [7, 11) is 2.50. The van der Waals surface area contributed by atoms with E-state index >= 15 is 0 Å². The molecular weight excluding hydrogens is 288 g/mol. The van der Waals surface area contributed by atoms with Gasteiger partial charge in [-0.3, -0.25) is 14.4 Å². The van der Waals surface area contributed by atoms with Crippen LogP contribution in [0.1, 0.15) is 38.5 Å². The Hall–Kier alpha value is -1.85. The molecule has 0 fully saturated rings. The third-order valence-electron chi connectivity index (χ3n) is 4.04. The molecule has 0 saturated carbocycles. The number of carboxylic acid groups (broad SMARTS) is 1. The second kappa shape index (κ2) is 9.23. The molecule has 0 saturated heterocycles. The Balaban J connectivity index is 2.56. The van der Waals surface area contributed by atoms with Gasteiger partial charge in [0.2, 0.25) is 0 Å². The van der Waals surface area contributed by atoms with E-state index in [1.165, 1.54) is 14.2 Å². The molecule has 0 radical (unpaired) electrons. The van der Waals surface area contributed by atoms with Crippen molar-refractivity contribution in [2.45, 2.75) is 38.5 Å². The molecule has 1 aliphatic carbocycles. The van der Waals surface area contributed by atoms with Crippen molar-refractivity contribution in [2.75, 3.05) is 14.2 Å². The fraction of sp³-hybridized carbons (Fsp3) is 0.688. The normalized spacial score (nSPS) is 21.2. The molecule has 1 aliphatic rings. The van der Waals surface area contributed by atoms with E-state index < -0.39 is 23.8 Å². The molecular formula is C16H24O6.